The average Bonchev–Trinajstić information content (AvgIpc) is 2.94. The molecule has 1 N–H and O–H groups in total. The van der Waals surface area contributed by atoms with E-state index < -0.39 is 11.7 Å². The zero-order chi connectivity index (χ0) is 15.7. The minimum Gasteiger partial charge on any atom is -0.342 e. The molecule has 1 amide bonds. The molecule has 0 aromatic heterocycles. The Morgan fingerprint density at radius 1 is 1.18 bits per heavy atom. The lowest BCUT2D eigenvalue weighted by Gasteiger charge is -2.34. The lowest BCUT2D eigenvalue weighted by molar-refractivity contribution is -0.137. The summed E-state index contributed by atoms with van der Waals surface area (Å²) in [6, 6.07) is 4.86. The summed E-state index contributed by atoms with van der Waals surface area (Å²) in [7, 11) is 0. The van der Waals surface area contributed by atoms with Gasteiger partial charge in [-0.05, 0) is 49.0 Å². The fraction of sp³-hybridized carbons (Fsp3) is 0.562. The van der Waals surface area contributed by atoms with Crippen molar-refractivity contribution in [2.75, 3.05) is 26.2 Å². The molecular weight excluding hydrogens is 293 g/mol. The van der Waals surface area contributed by atoms with E-state index in [-0.39, 0.29) is 12.3 Å². The largest absolute Gasteiger partial charge is 0.416 e. The van der Waals surface area contributed by atoms with Gasteiger partial charge in [-0.15, -0.1) is 0 Å². The number of nitrogens with one attached hydrogen (secondary N) is 1. The van der Waals surface area contributed by atoms with Gasteiger partial charge >= 0.3 is 6.18 Å². The van der Waals surface area contributed by atoms with Crippen molar-refractivity contribution in [1.82, 2.24) is 10.2 Å². The molecule has 22 heavy (non-hydrogen) atoms. The van der Waals surface area contributed by atoms with Crippen molar-refractivity contribution in [3.63, 3.8) is 0 Å². The van der Waals surface area contributed by atoms with Gasteiger partial charge in [-0.3, -0.25) is 4.79 Å². The lowest BCUT2D eigenvalue weighted by atomic mass is 9.88. The Hall–Kier alpha value is -1.56. The van der Waals surface area contributed by atoms with Crippen LogP contribution in [0, 0.1) is 11.8 Å². The quantitative estimate of drug-likeness (QED) is 0.909. The van der Waals surface area contributed by atoms with Crippen LogP contribution in [0.5, 0.6) is 0 Å². The summed E-state index contributed by atoms with van der Waals surface area (Å²) in [5, 5.41) is 3.35. The number of hydrogen-bond acceptors (Lipinski definition) is 2. The molecular formula is C16H19F3N2O. The van der Waals surface area contributed by atoms with Crippen molar-refractivity contribution in [2.45, 2.75) is 19.0 Å². The first-order valence-corrected chi connectivity index (χ1v) is 7.58. The van der Waals surface area contributed by atoms with Crippen LogP contribution in [0.4, 0.5) is 13.2 Å². The van der Waals surface area contributed by atoms with Gasteiger partial charge < -0.3 is 10.2 Å². The second-order valence-corrected chi connectivity index (χ2v) is 6.18. The monoisotopic (exact) mass is 312 g/mol. The number of carbonyl (C=O) groups is 1. The molecule has 1 aromatic rings. The van der Waals surface area contributed by atoms with Crippen LogP contribution in [-0.4, -0.2) is 37.0 Å². The van der Waals surface area contributed by atoms with E-state index in [0.717, 1.165) is 44.7 Å². The Labute approximate surface area is 127 Å². The minimum absolute atomic E-state index is 0.00473. The molecule has 2 fully saturated rings. The van der Waals surface area contributed by atoms with E-state index in [1.165, 1.54) is 12.1 Å². The van der Waals surface area contributed by atoms with Crippen LogP contribution in [0.1, 0.15) is 17.5 Å². The Bertz CT molecular complexity index is 541. The van der Waals surface area contributed by atoms with Gasteiger partial charge in [-0.1, -0.05) is 12.1 Å². The van der Waals surface area contributed by atoms with Gasteiger partial charge in [-0.2, -0.15) is 13.2 Å². The lowest BCUT2D eigenvalue weighted by Crippen LogP contribution is -2.44. The maximum absolute atomic E-state index is 12.5. The summed E-state index contributed by atoms with van der Waals surface area (Å²) >= 11 is 0. The first-order chi connectivity index (χ1) is 10.4. The molecule has 0 radical (unpaired) electrons. The summed E-state index contributed by atoms with van der Waals surface area (Å²) in [4.78, 5) is 14.2. The normalized spacial score (nSPS) is 25.1. The van der Waals surface area contributed by atoms with Gasteiger partial charge in [0, 0.05) is 13.1 Å². The van der Waals surface area contributed by atoms with E-state index >= 15 is 0 Å². The highest BCUT2D eigenvalue weighted by Gasteiger charge is 2.34. The minimum atomic E-state index is -4.33. The molecule has 2 heterocycles. The second-order valence-electron chi connectivity index (χ2n) is 6.18. The molecule has 0 saturated carbocycles. The van der Waals surface area contributed by atoms with Crippen molar-refractivity contribution in [3.05, 3.63) is 35.4 Å². The van der Waals surface area contributed by atoms with Crippen LogP contribution in [0.3, 0.4) is 0 Å². The molecule has 1 aromatic carbocycles. The summed E-state index contributed by atoms with van der Waals surface area (Å²) in [5.74, 6) is 1.19. The zero-order valence-corrected chi connectivity index (χ0v) is 12.2. The van der Waals surface area contributed by atoms with Crippen LogP contribution >= 0.6 is 0 Å². The van der Waals surface area contributed by atoms with Gasteiger partial charge in [0.2, 0.25) is 5.91 Å². The Balaban J connectivity index is 1.59. The molecule has 6 heteroatoms. The topological polar surface area (TPSA) is 32.3 Å². The van der Waals surface area contributed by atoms with Crippen LogP contribution in [0.15, 0.2) is 24.3 Å². The SMILES string of the molecule is O=C(Cc1ccc(C(F)(F)F)cc1)N1CCC2CNCC2C1. The number of halogens is 3. The molecule has 2 saturated heterocycles. The predicted molar refractivity (Wildman–Crippen MR) is 76.2 cm³/mol. The number of fused-ring (bicyclic) bond motifs is 1. The number of alkyl halides is 3. The standard InChI is InChI=1S/C16H19F3N2O/c17-16(18,19)14-3-1-11(2-4-14)7-15(22)21-6-5-12-8-20-9-13(12)10-21/h1-4,12-13,20H,5-10H2. The third kappa shape index (κ3) is 3.27. The van der Waals surface area contributed by atoms with E-state index in [0.29, 0.717) is 17.4 Å². The maximum atomic E-state index is 12.5. The predicted octanol–water partition coefficient (Wildman–Crippen LogP) is 2.32. The number of nitrogens with zero attached hydrogens (tertiary/aromatic N) is 1. The fourth-order valence-corrected chi connectivity index (χ4v) is 3.36. The molecule has 0 aliphatic carbocycles. The van der Waals surface area contributed by atoms with Crippen molar-refractivity contribution in [1.29, 1.82) is 0 Å². The number of hydrogen-bond donors (Lipinski definition) is 1. The molecule has 2 unspecified atom stereocenters. The van der Waals surface area contributed by atoms with E-state index in [1.54, 1.807) is 0 Å². The van der Waals surface area contributed by atoms with Crippen LogP contribution in [-0.2, 0) is 17.4 Å². The van der Waals surface area contributed by atoms with Crippen LogP contribution in [0.25, 0.3) is 0 Å². The molecule has 2 aliphatic heterocycles. The first-order valence-electron chi connectivity index (χ1n) is 7.58. The summed E-state index contributed by atoms with van der Waals surface area (Å²) in [6.07, 6.45) is -3.15. The van der Waals surface area contributed by atoms with E-state index in [4.69, 9.17) is 0 Å². The van der Waals surface area contributed by atoms with Crippen LogP contribution in [0.2, 0.25) is 0 Å². The Morgan fingerprint density at radius 2 is 1.86 bits per heavy atom. The van der Waals surface area contributed by atoms with Crippen molar-refractivity contribution >= 4 is 5.91 Å². The number of piperidine rings is 1. The summed E-state index contributed by atoms with van der Waals surface area (Å²) in [5.41, 5.74) is -0.0498. The molecule has 120 valence electrons. The first kappa shape index (κ1) is 15.3. The molecule has 2 aliphatic rings. The molecule has 2 atom stereocenters. The van der Waals surface area contributed by atoms with Gasteiger partial charge in [0.25, 0.3) is 0 Å². The molecule has 3 rings (SSSR count). The summed E-state index contributed by atoms with van der Waals surface area (Å²) < 4.78 is 37.5. The highest BCUT2D eigenvalue weighted by atomic mass is 19.4. The van der Waals surface area contributed by atoms with Gasteiger partial charge in [0.1, 0.15) is 0 Å². The van der Waals surface area contributed by atoms with Gasteiger partial charge in [0.05, 0.1) is 12.0 Å². The Morgan fingerprint density at radius 3 is 2.55 bits per heavy atom. The summed E-state index contributed by atoms with van der Waals surface area (Å²) in [6.45, 7) is 3.50. The molecule has 0 bridgehead atoms. The number of amides is 1. The second kappa shape index (κ2) is 5.91. The van der Waals surface area contributed by atoms with Gasteiger partial charge in [0.15, 0.2) is 0 Å². The van der Waals surface area contributed by atoms with Crippen molar-refractivity contribution in [2.24, 2.45) is 11.8 Å². The third-order valence-electron chi connectivity index (χ3n) is 4.69. The highest BCUT2D eigenvalue weighted by Crippen LogP contribution is 2.29. The number of rotatable bonds is 2. The highest BCUT2D eigenvalue weighted by molar-refractivity contribution is 5.78. The zero-order valence-electron chi connectivity index (χ0n) is 12.2. The number of benzene rings is 1. The fourth-order valence-electron chi connectivity index (χ4n) is 3.36. The maximum Gasteiger partial charge on any atom is 0.416 e. The van der Waals surface area contributed by atoms with Crippen molar-refractivity contribution < 1.29 is 18.0 Å². The molecule has 3 nitrogen and oxygen atoms in total. The van der Waals surface area contributed by atoms with E-state index in [1.807, 2.05) is 4.90 Å². The Kier molecular flexibility index (Phi) is 4.12. The average molecular weight is 312 g/mol. The smallest absolute Gasteiger partial charge is 0.342 e. The van der Waals surface area contributed by atoms with Crippen molar-refractivity contribution in [3.8, 4) is 0 Å². The van der Waals surface area contributed by atoms with Gasteiger partial charge in [-0.25, -0.2) is 0 Å². The van der Waals surface area contributed by atoms with E-state index in [9.17, 15) is 18.0 Å². The van der Waals surface area contributed by atoms with Crippen LogP contribution < -0.4 is 5.32 Å². The van der Waals surface area contributed by atoms with E-state index in [2.05, 4.69) is 5.32 Å². The molecule has 0 spiro atoms. The third-order valence-corrected chi connectivity index (χ3v) is 4.69. The number of carbonyl (C=O) groups excluding carboxylic acids is 1. The number of likely N-dealkylation sites (tertiary alicyclic amines) is 1.